The van der Waals surface area contributed by atoms with Gasteiger partial charge in [0.05, 0.1) is 22.9 Å². The number of imidazole rings is 1. The first-order valence-electron chi connectivity index (χ1n) is 17.7. The topological polar surface area (TPSA) is 67.0 Å². The number of anilines is 1. The summed E-state index contributed by atoms with van der Waals surface area (Å²) in [5.74, 6) is 0.165. The first-order chi connectivity index (χ1) is 24.1. The van der Waals surface area contributed by atoms with Gasteiger partial charge in [-0.2, -0.15) is 5.10 Å². The Morgan fingerprint density at radius 1 is 0.980 bits per heavy atom. The number of rotatable bonds is 5. The lowest BCUT2D eigenvalue weighted by molar-refractivity contribution is 0.177. The minimum absolute atomic E-state index is 0.436. The molecule has 5 heterocycles. The van der Waals surface area contributed by atoms with Gasteiger partial charge in [0.15, 0.2) is 0 Å². The van der Waals surface area contributed by atoms with Gasteiger partial charge in [0.2, 0.25) is 5.95 Å². The number of aromatic nitrogens is 5. The number of aryl methyl sites for hydroxylation is 2. The standard InChI is InChI=1S/C40H46F2N8/c1-26-8-6-7-9-38-35(24-43-47(38)5)37-21-32(18-27(2)44-37)28(3)45-40-46-36-11-10-31(22-39(36)50(40)25-26)29(4)49-16-14-48(15-17-49)13-12-30-19-33(41)23-34(42)20-30/h10-11,18-24,26H,3-4,6-9,12-17,25H2,1-2,5H3,(H,45,46)/t26-/m1/s1. The van der Waals surface area contributed by atoms with E-state index in [4.69, 9.17) is 9.97 Å². The lowest BCUT2D eigenvalue weighted by atomic mass is 10.0. The Bertz CT molecular complexity index is 2030. The SMILES string of the molecule is C=C1Nc2nc3ccc(C(=C)N4CCN(CCc5cc(F)cc(F)c5)CC4)cc3n2C[C@H](C)CCCCc2c(cnn2C)-c2cc1cc(C)n2. The lowest BCUT2D eigenvalue weighted by Gasteiger charge is -2.37. The van der Waals surface area contributed by atoms with Crippen molar-refractivity contribution in [2.75, 3.05) is 38.0 Å². The van der Waals surface area contributed by atoms with Crippen molar-refractivity contribution < 1.29 is 8.78 Å². The minimum Gasteiger partial charge on any atom is -0.369 e. The van der Waals surface area contributed by atoms with E-state index >= 15 is 0 Å². The fraction of sp³-hybridized carbons (Fsp3) is 0.375. The van der Waals surface area contributed by atoms with Crippen molar-refractivity contribution in [2.45, 2.75) is 52.5 Å². The van der Waals surface area contributed by atoms with Crippen molar-refractivity contribution in [1.29, 1.82) is 0 Å². The largest absolute Gasteiger partial charge is 0.369 e. The molecule has 0 amide bonds. The van der Waals surface area contributed by atoms with Crippen LogP contribution < -0.4 is 5.32 Å². The molecular weight excluding hydrogens is 630 g/mol. The maximum atomic E-state index is 13.7. The highest BCUT2D eigenvalue weighted by molar-refractivity contribution is 5.85. The predicted octanol–water partition coefficient (Wildman–Crippen LogP) is 7.69. The van der Waals surface area contributed by atoms with Gasteiger partial charge in [-0.25, -0.2) is 13.8 Å². The molecule has 260 valence electrons. The molecule has 1 atom stereocenters. The van der Waals surface area contributed by atoms with Crippen molar-refractivity contribution in [3.8, 4) is 11.3 Å². The zero-order valence-electron chi connectivity index (χ0n) is 29.4. The van der Waals surface area contributed by atoms with Crippen LogP contribution in [0.4, 0.5) is 14.7 Å². The number of nitrogens with zero attached hydrogens (tertiary/aromatic N) is 7. The van der Waals surface area contributed by atoms with E-state index in [1.807, 2.05) is 24.9 Å². The van der Waals surface area contributed by atoms with Crippen LogP contribution in [0.3, 0.4) is 0 Å². The Hall–Kier alpha value is -4.83. The van der Waals surface area contributed by atoms with E-state index in [2.05, 4.69) is 75.2 Å². The van der Waals surface area contributed by atoms with Gasteiger partial charge in [-0.1, -0.05) is 32.6 Å². The number of pyridine rings is 1. The van der Waals surface area contributed by atoms with E-state index in [0.717, 1.165) is 127 Å². The average Bonchev–Trinajstić information content (AvgIpc) is 3.63. The number of halogens is 2. The molecule has 5 aromatic rings. The van der Waals surface area contributed by atoms with E-state index in [1.54, 1.807) is 0 Å². The van der Waals surface area contributed by atoms with E-state index < -0.39 is 11.6 Å². The van der Waals surface area contributed by atoms with Crippen LogP contribution in [-0.2, 0) is 26.4 Å². The molecule has 2 aromatic carbocycles. The third-order valence-electron chi connectivity index (χ3n) is 10.2. The molecule has 1 fully saturated rings. The molecule has 3 aromatic heterocycles. The Morgan fingerprint density at radius 2 is 1.76 bits per heavy atom. The highest BCUT2D eigenvalue weighted by atomic mass is 19.1. The predicted molar refractivity (Wildman–Crippen MR) is 197 cm³/mol. The molecule has 2 aliphatic heterocycles. The molecule has 0 aliphatic carbocycles. The minimum atomic E-state index is -0.524. The van der Waals surface area contributed by atoms with Gasteiger partial charge in [-0.15, -0.1) is 0 Å². The quantitative estimate of drug-likeness (QED) is 0.206. The van der Waals surface area contributed by atoms with Crippen molar-refractivity contribution >= 4 is 28.4 Å². The number of fused-ring (bicyclic) bond motifs is 7. The van der Waals surface area contributed by atoms with Crippen LogP contribution in [0.15, 0.2) is 67.9 Å². The van der Waals surface area contributed by atoms with E-state index in [0.29, 0.717) is 17.9 Å². The summed E-state index contributed by atoms with van der Waals surface area (Å²) in [6.45, 7) is 18.3. The zero-order valence-corrected chi connectivity index (χ0v) is 29.4. The third-order valence-corrected chi connectivity index (χ3v) is 10.2. The van der Waals surface area contributed by atoms with Gasteiger partial charge >= 0.3 is 0 Å². The van der Waals surface area contributed by atoms with Crippen LogP contribution in [0.5, 0.6) is 0 Å². The van der Waals surface area contributed by atoms with Gasteiger partial charge in [-0.3, -0.25) is 14.6 Å². The summed E-state index contributed by atoms with van der Waals surface area (Å²) in [4.78, 5) is 14.6. The lowest BCUT2D eigenvalue weighted by Crippen LogP contribution is -2.45. The molecule has 1 saturated heterocycles. The van der Waals surface area contributed by atoms with Crippen LogP contribution >= 0.6 is 0 Å². The van der Waals surface area contributed by atoms with Crippen molar-refractivity contribution in [3.05, 3.63) is 108 Å². The Morgan fingerprint density at radius 3 is 2.54 bits per heavy atom. The van der Waals surface area contributed by atoms with Gasteiger partial charge in [0, 0.05) is 86.3 Å². The van der Waals surface area contributed by atoms with Gasteiger partial charge in [0.1, 0.15) is 11.6 Å². The fourth-order valence-electron chi connectivity index (χ4n) is 7.40. The fourth-order valence-corrected chi connectivity index (χ4v) is 7.40. The monoisotopic (exact) mass is 676 g/mol. The molecule has 10 heteroatoms. The van der Waals surface area contributed by atoms with Crippen molar-refractivity contribution in [2.24, 2.45) is 13.0 Å². The van der Waals surface area contributed by atoms with E-state index in [1.165, 1.54) is 17.8 Å². The van der Waals surface area contributed by atoms with Crippen LogP contribution in [-0.4, -0.2) is 66.8 Å². The molecule has 2 aliphatic rings. The highest BCUT2D eigenvalue weighted by Crippen LogP contribution is 2.31. The molecule has 0 unspecified atom stereocenters. The second-order valence-corrected chi connectivity index (χ2v) is 14.0. The summed E-state index contributed by atoms with van der Waals surface area (Å²) in [7, 11) is 2.02. The molecule has 0 saturated carbocycles. The van der Waals surface area contributed by atoms with Gasteiger partial charge < -0.3 is 14.8 Å². The second-order valence-electron chi connectivity index (χ2n) is 14.0. The van der Waals surface area contributed by atoms with Crippen molar-refractivity contribution in [1.82, 2.24) is 34.1 Å². The molecule has 50 heavy (non-hydrogen) atoms. The summed E-state index contributed by atoms with van der Waals surface area (Å²) in [5.41, 5.74) is 10.6. The summed E-state index contributed by atoms with van der Waals surface area (Å²) < 4.78 is 31.6. The number of nitrogens with one attached hydrogen (secondary N) is 1. The first-order valence-corrected chi connectivity index (χ1v) is 17.7. The maximum Gasteiger partial charge on any atom is 0.208 e. The molecule has 1 N–H and O–H groups in total. The molecule has 8 nitrogen and oxygen atoms in total. The summed E-state index contributed by atoms with van der Waals surface area (Å²) in [6, 6.07) is 14.4. The number of hydrogen-bond acceptors (Lipinski definition) is 6. The number of piperazine rings is 1. The van der Waals surface area contributed by atoms with Crippen LogP contribution in [0.25, 0.3) is 33.7 Å². The Kier molecular flexibility index (Phi) is 9.55. The zero-order chi connectivity index (χ0) is 34.9. The molecule has 7 rings (SSSR count). The van der Waals surface area contributed by atoms with E-state index in [9.17, 15) is 8.78 Å². The summed E-state index contributed by atoms with van der Waals surface area (Å²) in [5, 5.41) is 8.16. The summed E-state index contributed by atoms with van der Waals surface area (Å²) >= 11 is 0. The normalized spacial score (nSPS) is 17.5. The molecular formula is C40H46F2N8. The van der Waals surface area contributed by atoms with E-state index in [-0.39, 0.29) is 0 Å². The van der Waals surface area contributed by atoms with Crippen LogP contribution in [0.2, 0.25) is 0 Å². The second kappa shape index (κ2) is 14.2. The van der Waals surface area contributed by atoms with Crippen LogP contribution in [0, 0.1) is 24.5 Å². The first kappa shape index (κ1) is 33.7. The smallest absolute Gasteiger partial charge is 0.208 e. The highest BCUT2D eigenvalue weighted by Gasteiger charge is 2.22. The Labute approximate surface area is 293 Å². The average molecular weight is 677 g/mol. The Balaban J connectivity index is 1.11. The number of benzene rings is 2. The van der Waals surface area contributed by atoms with Crippen molar-refractivity contribution in [3.63, 3.8) is 0 Å². The third kappa shape index (κ3) is 7.21. The molecule has 2 bridgehead atoms. The van der Waals surface area contributed by atoms with Gasteiger partial charge in [0.25, 0.3) is 0 Å². The van der Waals surface area contributed by atoms with Crippen LogP contribution in [0.1, 0.15) is 54.3 Å². The molecule has 0 radical (unpaired) electrons. The summed E-state index contributed by atoms with van der Waals surface area (Å²) in [6.07, 6.45) is 6.80. The van der Waals surface area contributed by atoms with Gasteiger partial charge in [-0.05, 0) is 86.1 Å². The molecule has 0 spiro atoms. The maximum absolute atomic E-state index is 13.7. The number of hydrogen-bond donors (Lipinski definition) is 1.